The van der Waals surface area contributed by atoms with Crippen LogP contribution in [-0.2, 0) is 33.3 Å². The Balaban J connectivity index is 2.08. The third-order valence-corrected chi connectivity index (χ3v) is 5.94. The Morgan fingerprint density at radius 3 is 2.39 bits per heavy atom. The molecule has 31 heavy (non-hydrogen) atoms. The maximum absolute atomic E-state index is 12.8. The molecule has 5 nitrogen and oxygen atoms in total. The number of sulfonamides is 1. The molecule has 0 unspecified atom stereocenters. The van der Waals surface area contributed by atoms with Gasteiger partial charge in [0.05, 0.1) is 11.3 Å². The van der Waals surface area contributed by atoms with Crippen LogP contribution < -0.4 is 10.0 Å². The number of alkyl halides is 3. The second-order valence-corrected chi connectivity index (χ2v) is 9.25. The predicted octanol–water partition coefficient (Wildman–Crippen LogP) is 4.52. The van der Waals surface area contributed by atoms with E-state index < -0.39 is 27.7 Å². The van der Waals surface area contributed by atoms with Crippen molar-refractivity contribution < 1.29 is 26.4 Å². The highest BCUT2D eigenvalue weighted by atomic mass is 35.5. The van der Waals surface area contributed by atoms with Crippen molar-refractivity contribution in [3.8, 4) is 0 Å². The van der Waals surface area contributed by atoms with Crippen LogP contribution in [0.2, 0.25) is 5.02 Å². The number of rotatable bonds is 8. The van der Waals surface area contributed by atoms with Gasteiger partial charge in [-0.3, -0.25) is 4.79 Å². The lowest BCUT2D eigenvalue weighted by Gasteiger charge is -2.13. The molecule has 0 aromatic heterocycles. The highest BCUT2D eigenvalue weighted by Crippen LogP contribution is 2.32. The quantitative estimate of drug-likeness (QED) is 0.552. The van der Waals surface area contributed by atoms with Gasteiger partial charge in [0.25, 0.3) is 0 Å². The molecule has 0 saturated heterocycles. The van der Waals surface area contributed by atoms with E-state index in [1.165, 1.54) is 6.08 Å². The minimum Gasteiger partial charge on any atom is -0.348 e. The zero-order valence-electron chi connectivity index (χ0n) is 16.8. The molecule has 0 bridgehead atoms. The topological polar surface area (TPSA) is 75.3 Å². The van der Waals surface area contributed by atoms with Crippen LogP contribution in [0, 0.1) is 0 Å². The first-order valence-corrected chi connectivity index (χ1v) is 11.3. The van der Waals surface area contributed by atoms with E-state index in [9.17, 15) is 26.4 Å². The summed E-state index contributed by atoms with van der Waals surface area (Å²) in [5.41, 5.74) is 0.316. The van der Waals surface area contributed by atoms with E-state index in [4.69, 9.17) is 11.6 Å². The number of carbonyl (C=O) groups is 1. The van der Waals surface area contributed by atoms with Gasteiger partial charge in [-0.2, -0.15) is 13.2 Å². The third kappa shape index (κ3) is 8.01. The molecule has 1 amide bonds. The second kappa shape index (κ2) is 10.3. The zero-order chi connectivity index (χ0) is 23.2. The average Bonchev–Trinajstić information content (AvgIpc) is 2.64. The molecule has 0 saturated carbocycles. The Labute approximate surface area is 184 Å². The van der Waals surface area contributed by atoms with Crippen LogP contribution >= 0.6 is 11.6 Å². The summed E-state index contributed by atoms with van der Waals surface area (Å²) in [5.74, 6) is -0.807. The van der Waals surface area contributed by atoms with Crippen LogP contribution in [0.3, 0.4) is 0 Å². The lowest BCUT2D eigenvalue weighted by Crippen LogP contribution is -2.31. The Kier molecular flexibility index (Phi) is 8.27. The highest BCUT2D eigenvalue weighted by molar-refractivity contribution is 7.88. The molecular formula is C21H22ClF3N2O3S. The fraction of sp³-hybridized carbons (Fsp3) is 0.286. The molecule has 168 valence electrons. The van der Waals surface area contributed by atoms with Crippen LogP contribution in [0.5, 0.6) is 0 Å². The van der Waals surface area contributed by atoms with Crippen molar-refractivity contribution in [2.45, 2.75) is 38.4 Å². The monoisotopic (exact) mass is 474 g/mol. The number of hydrogen-bond acceptors (Lipinski definition) is 3. The van der Waals surface area contributed by atoms with Gasteiger partial charge in [-0.1, -0.05) is 35.9 Å². The standard InChI is InChI=1S/C21H22ClF3N2O3S/c1-14(2)27-31(29,30)13-17-6-4-3-5-16(17)12-26-20(28)10-7-15-11-18(21(23,24)25)8-9-19(15)22/h3-11,14,27H,12-13H2,1-2H3,(H,26,28)/b10-7+. The summed E-state index contributed by atoms with van der Waals surface area (Å²) < 4.78 is 65.4. The van der Waals surface area contributed by atoms with Gasteiger partial charge in [0.1, 0.15) is 0 Å². The zero-order valence-corrected chi connectivity index (χ0v) is 18.4. The fourth-order valence-corrected chi connectivity index (χ4v) is 4.40. The summed E-state index contributed by atoms with van der Waals surface area (Å²) in [6, 6.07) is 9.33. The molecule has 0 radical (unpaired) electrons. The van der Waals surface area contributed by atoms with Crippen LogP contribution in [-0.4, -0.2) is 20.4 Å². The molecule has 0 atom stereocenters. The van der Waals surface area contributed by atoms with E-state index in [0.29, 0.717) is 11.1 Å². The van der Waals surface area contributed by atoms with E-state index in [2.05, 4.69) is 10.0 Å². The molecule has 2 rings (SSSR count). The smallest absolute Gasteiger partial charge is 0.348 e. The Bertz CT molecular complexity index is 1070. The Hall–Kier alpha value is -2.36. The first-order valence-electron chi connectivity index (χ1n) is 9.27. The SMILES string of the molecule is CC(C)NS(=O)(=O)Cc1ccccc1CNC(=O)/C=C/c1cc(C(F)(F)F)ccc1Cl. The summed E-state index contributed by atoms with van der Waals surface area (Å²) in [6.07, 6.45) is -2.26. The van der Waals surface area contributed by atoms with E-state index >= 15 is 0 Å². The molecule has 0 aliphatic carbocycles. The second-order valence-electron chi connectivity index (χ2n) is 7.09. The van der Waals surface area contributed by atoms with Crippen molar-refractivity contribution in [3.05, 3.63) is 75.8 Å². The number of benzene rings is 2. The summed E-state index contributed by atoms with van der Waals surface area (Å²) in [6.45, 7) is 3.48. The van der Waals surface area contributed by atoms with E-state index in [1.807, 2.05) is 0 Å². The van der Waals surface area contributed by atoms with Crippen LogP contribution in [0.1, 0.15) is 36.1 Å². The normalized spacial score (nSPS) is 12.5. The molecule has 0 aliphatic rings. The number of nitrogens with one attached hydrogen (secondary N) is 2. The van der Waals surface area contributed by atoms with Gasteiger partial charge in [-0.15, -0.1) is 0 Å². The summed E-state index contributed by atoms with van der Waals surface area (Å²) >= 11 is 5.91. The highest BCUT2D eigenvalue weighted by Gasteiger charge is 2.30. The Morgan fingerprint density at radius 1 is 1.13 bits per heavy atom. The average molecular weight is 475 g/mol. The van der Waals surface area contributed by atoms with Gasteiger partial charge in [0.2, 0.25) is 15.9 Å². The Morgan fingerprint density at radius 2 is 1.77 bits per heavy atom. The molecular weight excluding hydrogens is 453 g/mol. The maximum Gasteiger partial charge on any atom is 0.416 e. The minimum absolute atomic E-state index is 0.0485. The van der Waals surface area contributed by atoms with Crippen molar-refractivity contribution in [1.82, 2.24) is 10.0 Å². The first kappa shape index (κ1) is 24.9. The van der Waals surface area contributed by atoms with Crippen molar-refractivity contribution in [2.24, 2.45) is 0 Å². The molecule has 0 aliphatic heterocycles. The predicted molar refractivity (Wildman–Crippen MR) is 115 cm³/mol. The molecule has 0 spiro atoms. The van der Waals surface area contributed by atoms with Gasteiger partial charge in [-0.25, -0.2) is 13.1 Å². The number of halogens is 4. The third-order valence-electron chi connectivity index (χ3n) is 4.07. The maximum atomic E-state index is 12.8. The van der Waals surface area contributed by atoms with Gasteiger partial charge >= 0.3 is 6.18 Å². The molecule has 10 heteroatoms. The lowest BCUT2D eigenvalue weighted by molar-refractivity contribution is -0.137. The lowest BCUT2D eigenvalue weighted by atomic mass is 10.1. The van der Waals surface area contributed by atoms with E-state index in [1.54, 1.807) is 38.1 Å². The van der Waals surface area contributed by atoms with E-state index in [0.717, 1.165) is 24.3 Å². The first-order chi connectivity index (χ1) is 14.4. The van der Waals surface area contributed by atoms with Crippen molar-refractivity contribution in [1.29, 1.82) is 0 Å². The van der Waals surface area contributed by atoms with E-state index in [-0.39, 0.29) is 28.9 Å². The largest absolute Gasteiger partial charge is 0.416 e. The van der Waals surface area contributed by atoms with Gasteiger partial charge in [0, 0.05) is 23.7 Å². The van der Waals surface area contributed by atoms with Crippen molar-refractivity contribution in [3.63, 3.8) is 0 Å². The van der Waals surface area contributed by atoms with Crippen molar-refractivity contribution >= 4 is 33.6 Å². The van der Waals surface area contributed by atoms with Gasteiger partial charge in [-0.05, 0) is 54.8 Å². The summed E-state index contributed by atoms with van der Waals surface area (Å²) in [4.78, 5) is 12.1. The van der Waals surface area contributed by atoms with Gasteiger partial charge < -0.3 is 5.32 Å². The summed E-state index contributed by atoms with van der Waals surface area (Å²) in [5, 5.41) is 2.67. The number of carbonyl (C=O) groups excluding carboxylic acids is 1. The molecule has 2 aromatic carbocycles. The van der Waals surface area contributed by atoms with Crippen LogP contribution in [0.4, 0.5) is 13.2 Å². The minimum atomic E-state index is -4.52. The molecule has 2 aromatic rings. The number of hydrogen-bond donors (Lipinski definition) is 2. The fourth-order valence-electron chi connectivity index (χ4n) is 2.73. The number of amides is 1. The van der Waals surface area contributed by atoms with Crippen LogP contribution in [0.15, 0.2) is 48.5 Å². The molecule has 0 fully saturated rings. The molecule has 2 N–H and O–H groups in total. The van der Waals surface area contributed by atoms with Crippen molar-refractivity contribution in [2.75, 3.05) is 0 Å². The van der Waals surface area contributed by atoms with Gasteiger partial charge in [0.15, 0.2) is 0 Å². The summed E-state index contributed by atoms with van der Waals surface area (Å²) in [7, 11) is -3.55. The van der Waals surface area contributed by atoms with Crippen LogP contribution in [0.25, 0.3) is 6.08 Å². The molecule has 0 heterocycles.